The molecular weight excluding hydrogens is 286 g/mol. The Labute approximate surface area is 116 Å². The number of rotatable bonds is 5. The van der Waals surface area contributed by atoms with Crippen LogP contribution in [0.5, 0.6) is 5.75 Å². The maximum atomic E-state index is 12.0. The first-order valence-corrected chi connectivity index (χ1v) is 7.34. The lowest BCUT2D eigenvalue weighted by molar-refractivity contribution is -0.386. The molecule has 0 unspecified atom stereocenters. The molecule has 0 radical (unpaired) electrons. The summed E-state index contributed by atoms with van der Waals surface area (Å²) < 4.78 is 30.4. The summed E-state index contributed by atoms with van der Waals surface area (Å²) in [4.78, 5) is 10.3. The highest BCUT2D eigenvalue weighted by molar-refractivity contribution is 7.89. The van der Waals surface area contributed by atoms with Crippen LogP contribution in [0.1, 0.15) is 0 Å². The van der Waals surface area contributed by atoms with Crippen LogP contribution in [-0.4, -0.2) is 50.9 Å². The van der Waals surface area contributed by atoms with Gasteiger partial charge >= 0.3 is 5.69 Å². The topological polar surface area (TPSA) is 102 Å². The van der Waals surface area contributed by atoms with Crippen LogP contribution < -0.4 is 10.1 Å². The van der Waals surface area contributed by atoms with E-state index in [0.29, 0.717) is 13.1 Å². The molecule has 1 fully saturated rings. The Morgan fingerprint density at radius 2 is 2.05 bits per heavy atom. The van der Waals surface area contributed by atoms with Crippen LogP contribution in [0.25, 0.3) is 0 Å². The molecule has 0 amide bonds. The molecule has 0 atom stereocenters. The van der Waals surface area contributed by atoms with Gasteiger partial charge in [-0.3, -0.25) is 10.1 Å². The van der Waals surface area contributed by atoms with Crippen molar-refractivity contribution in [2.75, 3.05) is 27.2 Å². The van der Waals surface area contributed by atoms with Gasteiger partial charge in [0.1, 0.15) is 6.10 Å². The predicted octanol–water partition coefficient (Wildman–Crippen LogP) is 0.196. The molecule has 1 heterocycles. The third kappa shape index (κ3) is 2.74. The smallest absolute Gasteiger partial charge is 0.312 e. The molecule has 1 aliphatic rings. The van der Waals surface area contributed by atoms with E-state index in [-0.39, 0.29) is 22.4 Å². The van der Waals surface area contributed by atoms with Crippen molar-refractivity contribution >= 4 is 15.7 Å². The summed E-state index contributed by atoms with van der Waals surface area (Å²) in [5.74, 6) is 0.0826. The van der Waals surface area contributed by atoms with Crippen LogP contribution in [-0.2, 0) is 10.0 Å². The summed E-state index contributed by atoms with van der Waals surface area (Å²) in [6, 6.07) is 3.66. The Hall–Kier alpha value is -1.71. The van der Waals surface area contributed by atoms with Gasteiger partial charge in [0.05, 0.1) is 9.82 Å². The zero-order chi connectivity index (χ0) is 14.9. The number of nitrogens with zero attached hydrogens (tertiary/aromatic N) is 2. The summed E-state index contributed by atoms with van der Waals surface area (Å²) in [7, 11) is -0.975. The van der Waals surface area contributed by atoms with E-state index in [0.717, 1.165) is 10.4 Å². The molecule has 1 aromatic carbocycles. The first-order valence-electron chi connectivity index (χ1n) is 5.90. The van der Waals surface area contributed by atoms with E-state index < -0.39 is 14.9 Å². The van der Waals surface area contributed by atoms with Crippen LogP contribution >= 0.6 is 0 Å². The summed E-state index contributed by atoms with van der Waals surface area (Å²) in [6.07, 6.45) is -0.120. The molecule has 1 aromatic rings. The van der Waals surface area contributed by atoms with Crippen molar-refractivity contribution in [3.8, 4) is 5.75 Å². The van der Waals surface area contributed by atoms with Crippen molar-refractivity contribution in [3.05, 3.63) is 28.3 Å². The predicted molar refractivity (Wildman–Crippen MR) is 71.3 cm³/mol. The molecule has 0 aromatic heterocycles. The molecule has 1 N–H and O–H groups in total. The number of ether oxygens (including phenoxy) is 1. The van der Waals surface area contributed by atoms with E-state index in [1.54, 1.807) is 0 Å². The summed E-state index contributed by atoms with van der Waals surface area (Å²) in [5.41, 5.74) is -0.347. The van der Waals surface area contributed by atoms with Gasteiger partial charge in [-0.2, -0.15) is 0 Å². The number of nitrogens with one attached hydrogen (secondary N) is 1. The summed E-state index contributed by atoms with van der Waals surface area (Å²) in [6.45, 7) is 1.24. The standard InChI is InChI=1S/C11H15N3O5S/c1-13(2)20(17,18)9-3-4-11(10(5-9)14(15)16)19-8-6-12-7-8/h3-5,8,12H,6-7H2,1-2H3. The number of hydrogen-bond acceptors (Lipinski definition) is 6. The number of sulfonamides is 1. The Morgan fingerprint density at radius 3 is 2.50 bits per heavy atom. The van der Waals surface area contributed by atoms with Crippen LogP contribution in [0.2, 0.25) is 0 Å². The zero-order valence-corrected chi connectivity index (χ0v) is 11.9. The largest absolute Gasteiger partial charge is 0.481 e. The third-order valence-electron chi connectivity index (χ3n) is 2.94. The van der Waals surface area contributed by atoms with E-state index in [1.807, 2.05) is 0 Å². The van der Waals surface area contributed by atoms with E-state index in [9.17, 15) is 18.5 Å². The monoisotopic (exact) mass is 301 g/mol. The summed E-state index contributed by atoms with van der Waals surface area (Å²) >= 11 is 0. The van der Waals surface area contributed by atoms with Gasteiger partial charge in [0, 0.05) is 33.3 Å². The molecule has 0 aliphatic carbocycles. The highest BCUT2D eigenvalue weighted by Gasteiger charge is 2.27. The Kier molecular flexibility index (Phi) is 3.93. The molecule has 0 spiro atoms. The van der Waals surface area contributed by atoms with E-state index in [2.05, 4.69) is 5.32 Å². The third-order valence-corrected chi connectivity index (χ3v) is 4.75. The van der Waals surface area contributed by atoms with Gasteiger partial charge in [-0.05, 0) is 12.1 Å². The number of nitro groups is 1. The lowest BCUT2D eigenvalue weighted by Gasteiger charge is -2.27. The van der Waals surface area contributed by atoms with Crippen LogP contribution in [0.3, 0.4) is 0 Å². The average Bonchev–Trinajstić information content (AvgIpc) is 2.33. The second-order valence-corrected chi connectivity index (χ2v) is 6.72. The minimum atomic E-state index is -3.71. The molecule has 110 valence electrons. The molecule has 0 saturated carbocycles. The fourth-order valence-electron chi connectivity index (χ4n) is 1.64. The van der Waals surface area contributed by atoms with Gasteiger partial charge in [-0.1, -0.05) is 0 Å². The van der Waals surface area contributed by atoms with Gasteiger partial charge in [0.15, 0.2) is 5.75 Å². The first kappa shape index (κ1) is 14.7. The molecule has 9 heteroatoms. The molecule has 1 saturated heterocycles. The highest BCUT2D eigenvalue weighted by atomic mass is 32.2. The van der Waals surface area contributed by atoms with Gasteiger partial charge in [-0.25, -0.2) is 12.7 Å². The average molecular weight is 301 g/mol. The molecule has 20 heavy (non-hydrogen) atoms. The van der Waals surface area contributed by atoms with Crippen molar-refractivity contribution in [3.63, 3.8) is 0 Å². The number of benzene rings is 1. The van der Waals surface area contributed by atoms with Crippen molar-refractivity contribution in [2.24, 2.45) is 0 Å². The second-order valence-electron chi connectivity index (χ2n) is 4.57. The normalized spacial score (nSPS) is 15.9. The van der Waals surface area contributed by atoms with E-state index >= 15 is 0 Å². The van der Waals surface area contributed by atoms with Gasteiger partial charge < -0.3 is 10.1 Å². The van der Waals surface area contributed by atoms with E-state index in [1.165, 1.54) is 26.2 Å². The highest BCUT2D eigenvalue weighted by Crippen LogP contribution is 2.31. The minimum absolute atomic E-state index is 0.0826. The first-order chi connectivity index (χ1) is 9.32. The second kappa shape index (κ2) is 5.35. The van der Waals surface area contributed by atoms with E-state index in [4.69, 9.17) is 4.74 Å². The number of nitro benzene ring substituents is 1. The molecular formula is C11H15N3O5S. The molecule has 8 nitrogen and oxygen atoms in total. The van der Waals surface area contributed by atoms with Crippen molar-refractivity contribution in [1.29, 1.82) is 0 Å². The SMILES string of the molecule is CN(C)S(=O)(=O)c1ccc(OC2CNC2)c([N+](=O)[O-])c1. The number of hydrogen-bond donors (Lipinski definition) is 1. The lowest BCUT2D eigenvalue weighted by atomic mass is 10.2. The maximum Gasteiger partial charge on any atom is 0.312 e. The maximum absolute atomic E-state index is 12.0. The Morgan fingerprint density at radius 1 is 1.40 bits per heavy atom. The van der Waals surface area contributed by atoms with Crippen LogP contribution in [0.4, 0.5) is 5.69 Å². The van der Waals surface area contributed by atoms with Crippen molar-refractivity contribution in [2.45, 2.75) is 11.0 Å². The lowest BCUT2D eigenvalue weighted by Crippen LogP contribution is -2.50. The molecule has 2 rings (SSSR count). The quantitative estimate of drug-likeness (QED) is 0.615. The van der Waals surface area contributed by atoms with Gasteiger partial charge in [-0.15, -0.1) is 0 Å². The van der Waals surface area contributed by atoms with Gasteiger partial charge in [0.25, 0.3) is 0 Å². The fraction of sp³-hybridized carbons (Fsp3) is 0.455. The Balaban J connectivity index is 2.39. The molecule has 1 aliphatic heterocycles. The van der Waals surface area contributed by atoms with Crippen LogP contribution in [0, 0.1) is 10.1 Å². The Bertz CT molecular complexity index is 625. The van der Waals surface area contributed by atoms with Crippen LogP contribution in [0.15, 0.2) is 23.1 Å². The van der Waals surface area contributed by atoms with Crippen molar-refractivity contribution < 1.29 is 18.1 Å². The van der Waals surface area contributed by atoms with Gasteiger partial charge in [0.2, 0.25) is 10.0 Å². The molecule has 0 bridgehead atoms. The summed E-state index contributed by atoms with van der Waals surface area (Å²) in [5, 5.41) is 14.0. The fourth-order valence-corrected chi connectivity index (χ4v) is 2.56. The van der Waals surface area contributed by atoms with Crippen molar-refractivity contribution in [1.82, 2.24) is 9.62 Å². The minimum Gasteiger partial charge on any atom is -0.481 e. The zero-order valence-electron chi connectivity index (χ0n) is 11.1.